The minimum Gasteiger partial charge on any atom is -0.465 e. The van der Waals surface area contributed by atoms with Crippen molar-refractivity contribution in [1.29, 1.82) is 5.26 Å². The minimum absolute atomic E-state index is 0.159. The van der Waals surface area contributed by atoms with Crippen LogP contribution in [0.5, 0.6) is 0 Å². The van der Waals surface area contributed by atoms with Crippen LogP contribution >= 0.6 is 0 Å². The first kappa shape index (κ1) is 13.8. The molecule has 0 aromatic heterocycles. The summed E-state index contributed by atoms with van der Waals surface area (Å²) in [5.74, 6) is -1.45. The monoisotopic (exact) mass is 255 g/mol. The van der Waals surface area contributed by atoms with Crippen LogP contribution in [-0.4, -0.2) is 19.3 Å². The zero-order valence-electron chi connectivity index (χ0n) is 9.28. The normalized spacial score (nSPS) is 11.8. The Labute approximate surface area is 101 Å². The van der Waals surface area contributed by atoms with Crippen molar-refractivity contribution in [3.63, 3.8) is 0 Å². The van der Waals surface area contributed by atoms with Crippen LogP contribution in [0.4, 0.5) is 13.2 Å². The first-order chi connectivity index (χ1) is 8.38. The van der Waals surface area contributed by atoms with Gasteiger partial charge >= 0.3 is 12.1 Å². The highest BCUT2D eigenvalue weighted by molar-refractivity contribution is 5.95. The highest BCUT2D eigenvalue weighted by atomic mass is 19.4. The van der Waals surface area contributed by atoms with Gasteiger partial charge in [-0.15, -0.1) is 0 Å². The fraction of sp³-hybridized carbons (Fsp3) is 0.167. The van der Waals surface area contributed by atoms with Gasteiger partial charge in [0.05, 0.1) is 18.7 Å². The molecule has 0 aliphatic rings. The van der Waals surface area contributed by atoms with Crippen LogP contribution in [0.15, 0.2) is 29.8 Å². The van der Waals surface area contributed by atoms with Crippen LogP contribution in [0.3, 0.4) is 0 Å². The number of methoxy groups -OCH3 is 1. The molecule has 18 heavy (non-hydrogen) atoms. The third-order valence-corrected chi connectivity index (χ3v) is 2.06. The van der Waals surface area contributed by atoms with E-state index in [0.717, 1.165) is 7.11 Å². The quantitative estimate of drug-likeness (QED) is 0.603. The van der Waals surface area contributed by atoms with E-state index in [9.17, 15) is 18.0 Å². The number of hydrogen-bond donors (Lipinski definition) is 0. The smallest absolute Gasteiger partial charge is 0.423 e. The lowest BCUT2D eigenvalue weighted by atomic mass is 10.1. The number of hydrogen-bond acceptors (Lipinski definition) is 3. The molecule has 0 radical (unpaired) electrons. The SMILES string of the molecule is COC(=O)/C(=C/c1ccc(C#N)cc1)C(F)(F)F. The number of halogens is 3. The molecule has 0 saturated carbocycles. The van der Waals surface area contributed by atoms with Crippen molar-refractivity contribution in [3.8, 4) is 6.07 Å². The molecule has 0 bridgehead atoms. The van der Waals surface area contributed by atoms with Crippen LogP contribution in [0, 0.1) is 11.3 Å². The van der Waals surface area contributed by atoms with E-state index in [2.05, 4.69) is 4.74 Å². The highest BCUT2D eigenvalue weighted by Crippen LogP contribution is 2.28. The van der Waals surface area contributed by atoms with E-state index in [-0.39, 0.29) is 5.56 Å². The zero-order chi connectivity index (χ0) is 13.8. The topological polar surface area (TPSA) is 50.1 Å². The summed E-state index contributed by atoms with van der Waals surface area (Å²) in [4.78, 5) is 11.0. The van der Waals surface area contributed by atoms with Gasteiger partial charge in [-0.3, -0.25) is 0 Å². The van der Waals surface area contributed by atoms with Gasteiger partial charge in [-0.25, -0.2) is 4.79 Å². The summed E-state index contributed by atoms with van der Waals surface area (Å²) < 4.78 is 41.8. The molecule has 0 N–H and O–H groups in total. The standard InChI is InChI=1S/C12H8F3NO2/c1-18-11(17)10(12(13,14)15)6-8-2-4-9(7-16)5-3-8/h2-6H,1H3/b10-6-. The van der Waals surface area contributed by atoms with E-state index in [1.54, 1.807) is 0 Å². The molecule has 3 nitrogen and oxygen atoms in total. The molecular formula is C12H8F3NO2. The largest absolute Gasteiger partial charge is 0.465 e. The second kappa shape index (κ2) is 5.36. The van der Waals surface area contributed by atoms with Gasteiger partial charge in [0.1, 0.15) is 5.57 Å². The van der Waals surface area contributed by atoms with Crippen LogP contribution in [0.25, 0.3) is 6.08 Å². The summed E-state index contributed by atoms with van der Waals surface area (Å²) in [7, 11) is 0.876. The maximum atomic E-state index is 12.6. The first-order valence-electron chi connectivity index (χ1n) is 4.76. The third-order valence-electron chi connectivity index (χ3n) is 2.06. The van der Waals surface area contributed by atoms with E-state index in [1.165, 1.54) is 24.3 Å². The lowest BCUT2D eigenvalue weighted by molar-refractivity contribution is -0.147. The van der Waals surface area contributed by atoms with Crippen LogP contribution in [-0.2, 0) is 9.53 Å². The average Bonchev–Trinajstić information content (AvgIpc) is 2.34. The van der Waals surface area contributed by atoms with E-state index in [0.29, 0.717) is 11.6 Å². The number of esters is 1. The lowest BCUT2D eigenvalue weighted by Crippen LogP contribution is -2.21. The predicted molar refractivity (Wildman–Crippen MR) is 57.2 cm³/mol. The molecule has 0 aliphatic carbocycles. The lowest BCUT2D eigenvalue weighted by Gasteiger charge is -2.09. The Balaban J connectivity index is 3.16. The van der Waals surface area contributed by atoms with Crippen LogP contribution in [0.2, 0.25) is 0 Å². The molecule has 6 heteroatoms. The number of nitriles is 1. The fourth-order valence-electron chi connectivity index (χ4n) is 1.19. The van der Waals surface area contributed by atoms with Gasteiger partial charge in [0.2, 0.25) is 0 Å². The molecule has 0 saturated heterocycles. The summed E-state index contributed by atoms with van der Waals surface area (Å²) >= 11 is 0. The Bertz CT molecular complexity index is 510. The summed E-state index contributed by atoms with van der Waals surface area (Å²) in [5, 5.41) is 8.55. The number of alkyl halides is 3. The van der Waals surface area contributed by atoms with Crippen LogP contribution < -0.4 is 0 Å². The molecule has 0 atom stereocenters. The molecule has 0 spiro atoms. The van der Waals surface area contributed by atoms with Crippen molar-refractivity contribution < 1.29 is 22.7 Å². The summed E-state index contributed by atoms with van der Waals surface area (Å²) in [5.41, 5.74) is -0.916. The first-order valence-corrected chi connectivity index (χ1v) is 4.76. The summed E-state index contributed by atoms with van der Waals surface area (Å²) in [6, 6.07) is 7.18. The van der Waals surface area contributed by atoms with Crippen molar-refractivity contribution in [2.75, 3.05) is 7.11 Å². The number of benzene rings is 1. The van der Waals surface area contributed by atoms with E-state index < -0.39 is 17.7 Å². The molecule has 1 aromatic carbocycles. The fourth-order valence-corrected chi connectivity index (χ4v) is 1.19. The molecule has 0 unspecified atom stereocenters. The second-order valence-corrected chi connectivity index (χ2v) is 3.28. The van der Waals surface area contributed by atoms with Crippen LogP contribution in [0.1, 0.15) is 11.1 Å². The average molecular weight is 255 g/mol. The number of ether oxygens (including phenoxy) is 1. The molecule has 0 aliphatic heterocycles. The number of rotatable bonds is 2. The molecule has 1 aromatic rings. The van der Waals surface area contributed by atoms with Gasteiger partial charge in [0.25, 0.3) is 0 Å². The van der Waals surface area contributed by atoms with Gasteiger partial charge in [0.15, 0.2) is 0 Å². The molecule has 94 valence electrons. The van der Waals surface area contributed by atoms with Gasteiger partial charge in [-0.2, -0.15) is 18.4 Å². The zero-order valence-corrected chi connectivity index (χ0v) is 9.28. The van der Waals surface area contributed by atoms with Crippen molar-refractivity contribution >= 4 is 12.0 Å². The Morgan fingerprint density at radius 2 is 1.89 bits per heavy atom. The number of nitrogens with zero attached hydrogens (tertiary/aromatic N) is 1. The van der Waals surface area contributed by atoms with Gasteiger partial charge in [-0.05, 0) is 23.8 Å². The highest BCUT2D eigenvalue weighted by Gasteiger charge is 2.39. The third kappa shape index (κ3) is 3.35. The van der Waals surface area contributed by atoms with Crippen molar-refractivity contribution in [2.45, 2.75) is 6.18 Å². The van der Waals surface area contributed by atoms with Gasteiger partial charge in [-0.1, -0.05) is 12.1 Å². The van der Waals surface area contributed by atoms with Crippen molar-refractivity contribution in [3.05, 3.63) is 41.0 Å². The number of carbonyl (C=O) groups is 1. The number of carbonyl (C=O) groups excluding carboxylic acids is 1. The van der Waals surface area contributed by atoms with Crippen molar-refractivity contribution in [2.24, 2.45) is 0 Å². The Kier molecular flexibility index (Phi) is 4.10. The molecule has 0 heterocycles. The predicted octanol–water partition coefficient (Wildman–Crippen LogP) is 2.68. The Hall–Kier alpha value is -2.29. The van der Waals surface area contributed by atoms with Gasteiger partial charge in [0, 0.05) is 0 Å². The van der Waals surface area contributed by atoms with E-state index >= 15 is 0 Å². The van der Waals surface area contributed by atoms with E-state index in [4.69, 9.17) is 5.26 Å². The molecule has 0 fully saturated rings. The minimum atomic E-state index is -4.79. The Morgan fingerprint density at radius 1 is 1.33 bits per heavy atom. The summed E-state index contributed by atoms with van der Waals surface area (Å²) in [6.07, 6.45) is -4.12. The van der Waals surface area contributed by atoms with Gasteiger partial charge < -0.3 is 4.74 Å². The maximum absolute atomic E-state index is 12.6. The van der Waals surface area contributed by atoms with Crippen molar-refractivity contribution in [1.82, 2.24) is 0 Å². The second-order valence-electron chi connectivity index (χ2n) is 3.28. The Morgan fingerprint density at radius 3 is 2.28 bits per heavy atom. The molecule has 0 amide bonds. The maximum Gasteiger partial charge on any atom is 0.423 e. The molecular weight excluding hydrogens is 247 g/mol. The molecule has 1 rings (SSSR count). The van der Waals surface area contributed by atoms with E-state index in [1.807, 2.05) is 6.07 Å². The summed E-state index contributed by atoms with van der Waals surface area (Å²) in [6.45, 7) is 0.